The molecule has 1 unspecified atom stereocenters. The third kappa shape index (κ3) is 4.51. The van der Waals surface area contributed by atoms with Gasteiger partial charge in [-0.2, -0.15) is 0 Å². The Morgan fingerprint density at radius 2 is 1.87 bits per heavy atom. The average molecular weight is 204 g/mol. The van der Waals surface area contributed by atoms with Gasteiger partial charge in [-0.15, -0.1) is 0 Å². The van der Waals surface area contributed by atoms with Gasteiger partial charge in [0.25, 0.3) is 0 Å². The predicted molar refractivity (Wildman–Crippen MR) is 68.2 cm³/mol. The molecule has 0 aliphatic carbocycles. The minimum Gasteiger partial charge on any atom is -0.0654 e. The fourth-order valence-corrected chi connectivity index (χ4v) is 2.17. The molecule has 0 heteroatoms. The summed E-state index contributed by atoms with van der Waals surface area (Å²) in [6.45, 7) is 6.87. The van der Waals surface area contributed by atoms with Crippen molar-refractivity contribution in [3.05, 3.63) is 35.4 Å². The summed E-state index contributed by atoms with van der Waals surface area (Å²) in [6.07, 6.45) is 6.67. The Morgan fingerprint density at radius 3 is 2.53 bits per heavy atom. The summed E-state index contributed by atoms with van der Waals surface area (Å²) < 4.78 is 0. The van der Waals surface area contributed by atoms with E-state index < -0.39 is 0 Å². The summed E-state index contributed by atoms with van der Waals surface area (Å²) >= 11 is 0. The largest absolute Gasteiger partial charge is 0.0654 e. The highest BCUT2D eigenvalue weighted by atomic mass is 14.1. The Bertz CT molecular complexity index is 275. The lowest BCUT2D eigenvalue weighted by molar-refractivity contribution is 0.469. The molecule has 0 spiro atoms. The minimum atomic E-state index is 0.902. The van der Waals surface area contributed by atoms with E-state index in [-0.39, 0.29) is 0 Å². The Morgan fingerprint density at radius 1 is 1.13 bits per heavy atom. The summed E-state index contributed by atoms with van der Waals surface area (Å²) in [7, 11) is 0. The maximum Gasteiger partial charge on any atom is -0.0276 e. The van der Waals surface area contributed by atoms with Crippen LogP contribution in [-0.2, 0) is 6.42 Å². The molecule has 0 N–H and O–H groups in total. The molecule has 0 amide bonds. The van der Waals surface area contributed by atoms with Crippen molar-refractivity contribution in [2.45, 2.75) is 52.9 Å². The Balaban J connectivity index is 2.29. The van der Waals surface area contributed by atoms with Gasteiger partial charge in [-0.1, -0.05) is 57.4 Å². The van der Waals surface area contributed by atoms with Gasteiger partial charge in [0.05, 0.1) is 0 Å². The molecule has 0 radical (unpaired) electrons. The molecular weight excluding hydrogens is 180 g/mol. The topological polar surface area (TPSA) is 0 Å². The molecule has 0 nitrogen and oxygen atoms in total. The zero-order valence-corrected chi connectivity index (χ0v) is 10.4. The van der Waals surface area contributed by atoms with Crippen LogP contribution >= 0.6 is 0 Å². The third-order valence-corrected chi connectivity index (χ3v) is 3.19. The monoisotopic (exact) mass is 204 g/mol. The van der Waals surface area contributed by atoms with Gasteiger partial charge in [-0.3, -0.25) is 0 Å². The van der Waals surface area contributed by atoms with Crippen LogP contribution in [0.4, 0.5) is 0 Å². The molecule has 0 saturated carbocycles. The molecular formula is C15H24. The average Bonchev–Trinajstić information content (AvgIpc) is 2.21. The minimum absolute atomic E-state index is 0.902. The van der Waals surface area contributed by atoms with Gasteiger partial charge in [0.1, 0.15) is 0 Å². The van der Waals surface area contributed by atoms with Gasteiger partial charge >= 0.3 is 0 Å². The smallest absolute Gasteiger partial charge is 0.0276 e. The van der Waals surface area contributed by atoms with Crippen molar-refractivity contribution in [1.82, 2.24) is 0 Å². The van der Waals surface area contributed by atoms with Crippen molar-refractivity contribution in [3.63, 3.8) is 0 Å². The van der Waals surface area contributed by atoms with Crippen LogP contribution in [0, 0.1) is 12.8 Å². The molecule has 0 bridgehead atoms. The van der Waals surface area contributed by atoms with Gasteiger partial charge in [-0.05, 0) is 36.8 Å². The number of benzene rings is 1. The zero-order chi connectivity index (χ0) is 11.1. The first-order valence-electron chi connectivity index (χ1n) is 6.28. The lowest BCUT2D eigenvalue weighted by Crippen LogP contribution is -1.96. The van der Waals surface area contributed by atoms with Crippen molar-refractivity contribution in [3.8, 4) is 0 Å². The third-order valence-electron chi connectivity index (χ3n) is 3.19. The molecule has 0 aliphatic rings. The summed E-state index contributed by atoms with van der Waals surface area (Å²) in [4.78, 5) is 0. The number of hydrogen-bond acceptors (Lipinski definition) is 0. The second-order valence-corrected chi connectivity index (χ2v) is 4.71. The Hall–Kier alpha value is -0.780. The first-order valence-corrected chi connectivity index (χ1v) is 6.28. The van der Waals surface area contributed by atoms with Crippen molar-refractivity contribution < 1.29 is 0 Å². The van der Waals surface area contributed by atoms with Crippen molar-refractivity contribution in [2.24, 2.45) is 5.92 Å². The van der Waals surface area contributed by atoms with E-state index in [4.69, 9.17) is 0 Å². The van der Waals surface area contributed by atoms with Gasteiger partial charge in [0.15, 0.2) is 0 Å². The normalized spacial score (nSPS) is 12.7. The molecule has 0 fully saturated rings. The summed E-state index contributed by atoms with van der Waals surface area (Å²) in [6, 6.07) is 8.75. The van der Waals surface area contributed by atoms with Crippen LogP contribution in [-0.4, -0.2) is 0 Å². The lowest BCUT2D eigenvalue weighted by atomic mass is 9.96. The maximum atomic E-state index is 2.38. The van der Waals surface area contributed by atoms with Crippen LogP contribution < -0.4 is 0 Å². The summed E-state index contributed by atoms with van der Waals surface area (Å²) in [5.74, 6) is 0.902. The van der Waals surface area contributed by atoms with Crippen LogP contribution in [0.5, 0.6) is 0 Å². The predicted octanol–water partition coefficient (Wildman–Crippen LogP) is 4.75. The highest BCUT2D eigenvalue weighted by molar-refractivity contribution is 5.25. The molecule has 0 aliphatic heterocycles. The SMILES string of the molecule is CCCC(C)CCCc1ccccc1C. The van der Waals surface area contributed by atoms with Crippen molar-refractivity contribution >= 4 is 0 Å². The molecule has 1 aromatic carbocycles. The van der Waals surface area contributed by atoms with Gasteiger partial charge < -0.3 is 0 Å². The first-order chi connectivity index (χ1) is 7.24. The van der Waals surface area contributed by atoms with E-state index >= 15 is 0 Å². The molecule has 1 aromatic rings. The van der Waals surface area contributed by atoms with Gasteiger partial charge in [0, 0.05) is 0 Å². The number of aryl methyl sites for hydroxylation is 2. The van der Waals surface area contributed by atoms with E-state index in [9.17, 15) is 0 Å². The van der Waals surface area contributed by atoms with Crippen molar-refractivity contribution in [1.29, 1.82) is 0 Å². The van der Waals surface area contributed by atoms with Crippen LogP contribution in [0.3, 0.4) is 0 Å². The van der Waals surface area contributed by atoms with Crippen LogP contribution in [0.2, 0.25) is 0 Å². The highest BCUT2D eigenvalue weighted by Crippen LogP contribution is 2.16. The highest BCUT2D eigenvalue weighted by Gasteiger charge is 2.01. The Kier molecular flexibility index (Phi) is 5.45. The van der Waals surface area contributed by atoms with Crippen LogP contribution in [0.1, 0.15) is 50.7 Å². The molecule has 15 heavy (non-hydrogen) atoms. The first kappa shape index (κ1) is 12.3. The fraction of sp³-hybridized carbons (Fsp3) is 0.600. The summed E-state index contributed by atoms with van der Waals surface area (Å²) in [5.41, 5.74) is 2.97. The van der Waals surface area contributed by atoms with Crippen LogP contribution in [0.15, 0.2) is 24.3 Å². The van der Waals surface area contributed by atoms with E-state index in [0.717, 1.165) is 5.92 Å². The molecule has 0 saturated heterocycles. The standard InChI is InChI=1S/C15H24/c1-4-8-13(2)9-7-12-15-11-6-5-10-14(15)3/h5-6,10-11,13H,4,7-9,12H2,1-3H3. The molecule has 1 atom stereocenters. The van der Waals surface area contributed by atoms with E-state index in [1.807, 2.05) is 0 Å². The quantitative estimate of drug-likeness (QED) is 0.627. The fourth-order valence-electron chi connectivity index (χ4n) is 2.17. The van der Waals surface area contributed by atoms with Crippen molar-refractivity contribution in [2.75, 3.05) is 0 Å². The zero-order valence-electron chi connectivity index (χ0n) is 10.4. The van der Waals surface area contributed by atoms with E-state index in [0.29, 0.717) is 0 Å². The van der Waals surface area contributed by atoms with E-state index in [1.54, 1.807) is 0 Å². The lowest BCUT2D eigenvalue weighted by Gasteiger charge is -2.10. The molecule has 0 heterocycles. The Labute approximate surface area is 94.7 Å². The molecule has 1 rings (SSSR count). The maximum absolute atomic E-state index is 2.38. The second kappa shape index (κ2) is 6.66. The van der Waals surface area contributed by atoms with E-state index in [1.165, 1.54) is 43.2 Å². The second-order valence-electron chi connectivity index (χ2n) is 4.71. The number of hydrogen-bond donors (Lipinski definition) is 0. The molecule has 84 valence electrons. The van der Waals surface area contributed by atoms with Gasteiger partial charge in [0.2, 0.25) is 0 Å². The van der Waals surface area contributed by atoms with Crippen LogP contribution in [0.25, 0.3) is 0 Å². The summed E-state index contributed by atoms with van der Waals surface area (Å²) in [5, 5.41) is 0. The molecule has 0 aromatic heterocycles. The number of rotatable bonds is 6. The van der Waals surface area contributed by atoms with E-state index in [2.05, 4.69) is 45.0 Å². The van der Waals surface area contributed by atoms with Gasteiger partial charge in [-0.25, -0.2) is 0 Å².